The third kappa shape index (κ3) is 5.26. The summed E-state index contributed by atoms with van der Waals surface area (Å²) in [4.78, 5) is 26.3. The van der Waals surface area contributed by atoms with Crippen molar-refractivity contribution in [3.8, 4) is 0 Å². The summed E-state index contributed by atoms with van der Waals surface area (Å²) in [5, 5.41) is 8.47. The fourth-order valence-corrected chi connectivity index (χ4v) is 3.78. The van der Waals surface area contributed by atoms with E-state index in [9.17, 15) is 4.79 Å². The van der Waals surface area contributed by atoms with Gasteiger partial charge in [0.1, 0.15) is 0 Å². The second-order valence-electron chi connectivity index (χ2n) is 7.76. The van der Waals surface area contributed by atoms with Crippen LogP contribution in [-0.2, 0) is 17.4 Å². The van der Waals surface area contributed by atoms with Crippen LogP contribution in [0.3, 0.4) is 0 Å². The molecule has 3 N–H and O–H groups in total. The molecule has 0 spiro atoms. The van der Waals surface area contributed by atoms with Crippen molar-refractivity contribution in [1.29, 1.82) is 0 Å². The number of aromatic nitrogens is 4. The van der Waals surface area contributed by atoms with Crippen molar-refractivity contribution in [2.75, 3.05) is 0 Å². The van der Waals surface area contributed by atoms with Crippen molar-refractivity contribution in [2.24, 2.45) is 0 Å². The molecule has 0 radical (unpaired) electrons. The van der Waals surface area contributed by atoms with E-state index in [0.717, 1.165) is 49.1 Å². The first-order chi connectivity index (χ1) is 16.5. The number of carboxylic acid groups (broad SMARTS) is 1. The number of carboxylic acids is 1. The standard InChI is InChI=1S/C20H14N4.C7H5O2.V/c1-2-14-10-16-5-6-18(23-16)12-20-8-7-19(24-20)11-17-4-3-15(22-17)9-13(1)21-14;8-7(9)6-4-2-1-3-5-6;/h1-12,21,24H;2-5H,(H,8,9);. The van der Waals surface area contributed by atoms with E-state index >= 15 is 0 Å². The van der Waals surface area contributed by atoms with Gasteiger partial charge in [-0.3, -0.25) is 0 Å². The van der Waals surface area contributed by atoms with Crippen molar-refractivity contribution < 1.29 is 27.3 Å². The van der Waals surface area contributed by atoms with Crippen LogP contribution in [0.4, 0.5) is 0 Å². The molecule has 6 nitrogen and oxygen atoms in total. The molecule has 7 heteroatoms. The molecule has 0 atom stereocenters. The zero-order valence-electron chi connectivity index (χ0n) is 17.9. The van der Waals surface area contributed by atoms with Gasteiger partial charge in [0.15, 0.2) is 0 Å². The molecule has 164 valence electrons. The number of aromatic amines is 2. The minimum absolute atomic E-state index is 0.329. The van der Waals surface area contributed by atoms with Crippen LogP contribution in [-0.4, -0.2) is 31.0 Å². The molecule has 4 aromatic rings. The second kappa shape index (κ2) is 9.39. The van der Waals surface area contributed by atoms with Gasteiger partial charge in [-0.25, -0.2) is 9.97 Å². The number of nitrogens with zero attached hydrogens (tertiary/aromatic N) is 2. The monoisotopic (exact) mass is 482 g/mol. The summed E-state index contributed by atoms with van der Waals surface area (Å²) in [5.74, 6) is -0.882. The van der Waals surface area contributed by atoms with Crippen LogP contribution in [0.1, 0.15) is 33.1 Å². The average Bonchev–Trinajstić information content (AvgIpc) is 3.60. The number of nitrogens with one attached hydrogen (secondary N) is 2. The molecule has 0 unspecified atom stereocenters. The molecule has 0 aliphatic carbocycles. The maximum absolute atomic E-state index is 10.3. The van der Waals surface area contributed by atoms with Gasteiger partial charge < -0.3 is 9.97 Å². The van der Waals surface area contributed by atoms with Crippen LogP contribution in [0, 0.1) is 0 Å². The van der Waals surface area contributed by atoms with Gasteiger partial charge in [0, 0.05) is 22.1 Å². The molecule has 2 aliphatic rings. The molecule has 1 aromatic carbocycles. The van der Waals surface area contributed by atoms with Gasteiger partial charge in [0.25, 0.3) is 0 Å². The predicted molar refractivity (Wildman–Crippen MR) is 132 cm³/mol. The third-order valence-electron chi connectivity index (χ3n) is 5.16. The fourth-order valence-electron chi connectivity index (χ4n) is 3.55. The van der Waals surface area contributed by atoms with Gasteiger partial charge in [-0.1, -0.05) is 0 Å². The first-order valence-corrected chi connectivity index (χ1v) is 11.3. The predicted octanol–water partition coefficient (Wildman–Crippen LogP) is 5.21. The zero-order valence-corrected chi connectivity index (χ0v) is 19.3. The summed E-state index contributed by atoms with van der Waals surface area (Å²) in [6, 6.07) is 23.0. The maximum atomic E-state index is 10.3. The molecule has 8 bridgehead atoms. The van der Waals surface area contributed by atoms with Gasteiger partial charge in [0.05, 0.1) is 22.8 Å². The Balaban J connectivity index is 0.000000204. The van der Waals surface area contributed by atoms with Gasteiger partial charge in [-0.2, -0.15) is 0 Å². The molecular formula is C27H19N4O2V. The van der Waals surface area contributed by atoms with Crippen LogP contribution in [0.25, 0.3) is 46.4 Å². The Kier molecular flexibility index (Phi) is 6.00. The Morgan fingerprint density at radius 1 is 0.618 bits per heavy atom. The number of carbonyl (C=O) groups is 1. The van der Waals surface area contributed by atoms with E-state index < -0.39 is 5.97 Å². The summed E-state index contributed by atoms with van der Waals surface area (Å²) < 4.78 is 1.01. The van der Waals surface area contributed by atoms with E-state index in [0.29, 0.717) is 5.56 Å². The summed E-state index contributed by atoms with van der Waals surface area (Å²) in [5.41, 5.74) is 8.19. The number of rotatable bonds is 1. The number of benzene rings is 1. The van der Waals surface area contributed by atoms with Gasteiger partial charge >= 0.3 is 67.4 Å². The van der Waals surface area contributed by atoms with E-state index in [-0.39, 0.29) is 0 Å². The Hall–Kier alpha value is -4.13. The summed E-state index contributed by atoms with van der Waals surface area (Å²) >= 11 is 2.35. The second-order valence-corrected chi connectivity index (χ2v) is 8.56. The molecule has 0 amide bonds. The minimum atomic E-state index is -0.882. The Bertz CT molecular complexity index is 1420. The number of aromatic carboxylic acids is 1. The SMILES string of the molecule is C1=Cc2cc3ccc(cc4nc(cc5ccc(cc1n2)[nH]5)C=C4)[nH]3.O=C(O)c1cc[c]([V])cc1. The summed E-state index contributed by atoms with van der Waals surface area (Å²) in [6.45, 7) is 0. The van der Waals surface area contributed by atoms with E-state index in [1.165, 1.54) is 0 Å². The van der Waals surface area contributed by atoms with Crippen molar-refractivity contribution >= 4 is 56.6 Å². The first-order valence-electron chi connectivity index (χ1n) is 10.6. The molecule has 6 rings (SSSR count). The summed E-state index contributed by atoms with van der Waals surface area (Å²) in [6.07, 6.45) is 8.09. The first kappa shape index (κ1) is 21.7. The van der Waals surface area contributed by atoms with Crippen molar-refractivity contribution in [3.05, 3.63) is 101 Å². The number of hydrogen-bond acceptors (Lipinski definition) is 3. The molecule has 0 saturated heterocycles. The Labute approximate surface area is 204 Å². The molecular weight excluding hydrogens is 463 g/mol. The zero-order chi connectivity index (χ0) is 23.5. The Morgan fingerprint density at radius 2 is 0.971 bits per heavy atom. The normalized spacial score (nSPS) is 11.6. The van der Waals surface area contributed by atoms with E-state index in [1.54, 1.807) is 24.3 Å². The van der Waals surface area contributed by atoms with E-state index in [1.807, 2.05) is 48.6 Å². The Morgan fingerprint density at radius 3 is 1.29 bits per heavy atom. The topological polar surface area (TPSA) is 94.7 Å². The number of H-pyrrole nitrogens is 2. The molecule has 2 aliphatic heterocycles. The molecule has 5 heterocycles. The van der Waals surface area contributed by atoms with E-state index in [4.69, 9.17) is 5.11 Å². The van der Waals surface area contributed by atoms with Crippen LogP contribution in [0.15, 0.2) is 72.8 Å². The number of fused-ring (bicyclic) bond motifs is 8. The van der Waals surface area contributed by atoms with Crippen LogP contribution in [0.2, 0.25) is 0 Å². The van der Waals surface area contributed by atoms with Crippen molar-refractivity contribution in [1.82, 2.24) is 19.9 Å². The van der Waals surface area contributed by atoms with Crippen LogP contribution in [0.5, 0.6) is 0 Å². The summed E-state index contributed by atoms with van der Waals surface area (Å²) in [7, 11) is 0. The van der Waals surface area contributed by atoms with Gasteiger partial charge in [-0.05, 0) is 72.8 Å². The van der Waals surface area contributed by atoms with Crippen LogP contribution < -0.4 is 4.28 Å². The third-order valence-corrected chi connectivity index (χ3v) is 5.62. The van der Waals surface area contributed by atoms with Crippen LogP contribution >= 0.6 is 0 Å². The molecule has 3 aromatic heterocycles. The quantitative estimate of drug-likeness (QED) is 0.300. The number of hydrogen-bond donors (Lipinski definition) is 3. The molecule has 0 saturated carbocycles. The molecule has 34 heavy (non-hydrogen) atoms. The van der Waals surface area contributed by atoms with Crippen molar-refractivity contribution in [3.63, 3.8) is 0 Å². The molecule has 0 fully saturated rings. The van der Waals surface area contributed by atoms with Gasteiger partial charge in [-0.15, -0.1) is 0 Å². The average molecular weight is 482 g/mol. The van der Waals surface area contributed by atoms with Gasteiger partial charge in [0.2, 0.25) is 0 Å². The van der Waals surface area contributed by atoms with E-state index in [2.05, 4.69) is 61.6 Å². The fraction of sp³-hybridized carbons (Fsp3) is 0. The van der Waals surface area contributed by atoms with Crippen molar-refractivity contribution in [2.45, 2.75) is 0 Å².